The normalized spacial score (nSPS) is 22.4. The molecule has 1 amide bonds. The summed E-state index contributed by atoms with van der Waals surface area (Å²) in [7, 11) is -3.60. The quantitative estimate of drug-likeness (QED) is 0.540. The minimum absolute atomic E-state index is 0.123. The van der Waals surface area contributed by atoms with Gasteiger partial charge in [0.2, 0.25) is 15.9 Å². The third kappa shape index (κ3) is 6.45. The molecule has 33 heavy (non-hydrogen) atoms. The van der Waals surface area contributed by atoms with Crippen LogP contribution in [0.15, 0.2) is 23.1 Å². The first kappa shape index (κ1) is 24.4. The monoisotopic (exact) mass is 481 g/mol. The Kier molecular flexibility index (Phi) is 8.59. The standard InChI is InChI=1S/C23H35N3O6S/c27-23(8-14-31-18-19-5-4-13-32-19)24-21-17-20(33(28,29)26-9-2-1-3-10-26)6-7-22(21)25-11-15-30-16-12-25/h6-7,17,19H,1-5,8-16,18H2,(H,24,27). The zero-order valence-corrected chi connectivity index (χ0v) is 20.0. The maximum Gasteiger partial charge on any atom is 0.243 e. The van der Waals surface area contributed by atoms with Gasteiger partial charge in [0.25, 0.3) is 0 Å². The molecule has 0 bridgehead atoms. The van der Waals surface area contributed by atoms with Crippen LogP contribution >= 0.6 is 0 Å². The summed E-state index contributed by atoms with van der Waals surface area (Å²) in [5, 5.41) is 2.94. The van der Waals surface area contributed by atoms with Crippen molar-refractivity contribution in [1.29, 1.82) is 0 Å². The Morgan fingerprint density at radius 1 is 1.06 bits per heavy atom. The molecular formula is C23H35N3O6S. The molecule has 3 saturated heterocycles. The molecule has 1 unspecified atom stereocenters. The molecule has 0 aromatic heterocycles. The van der Waals surface area contributed by atoms with Crippen LogP contribution in [0.3, 0.4) is 0 Å². The molecule has 0 radical (unpaired) electrons. The first-order valence-electron chi connectivity index (χ1n) is 12.0. The molecule has 3 aliphatic rings. The van der Waals surface area contributed by atoms with Crippen molar-refractivity contribution < 1.29 is 27.4 Å². The first-order chi connectivity index (χ1) is 16.0. The van der Waals surface area contributed by atoms with Crippen LogP contribution < -0.4 is 10.2 Å². The van der Waals surface area contributed by atoms with E-state index in [1.54, 1.807) is 22.5 Å². The summed E-state index contributed by atoms with van der Waals surface area (Å²) in [5.74, 6) is -0.204. The van der Waals surface area contributed by atoms with E-state index in [0.29, 0.717) is 58.3 Å². The number of piperidine rings is 1. The van der Waals surface area contributed by atoms with Crippen molar-refractivity contribution in [3.8, 4) is 0 Å². The van der Waals surface area contributed by atoms with Crippen molar-refractivity contribution in [2.45, 2.75) is 49.5 Å². The molecule has 184 valence electrons. The lowest BCUT2D eigenvalue weighted by Crippen LogP contribution is -2.37. The van der Waals surface area contributed by atoms with E-state index in [-0.39, 0.29) is 23.3 Å². The van der Waals surface area contributed by atoms with Crippen LogP contribution in [0, 0.1) is 0 Å². The van der Waals surface area contributed by atoms with Gasteiger partial charge in [-0.2, -0.15) is 4.31 Å². The number of anilines is 2. The summed E-state index contributed by atoms with van der Waals surface area (Å²) in [6, 6.07) is 5.04. The van der Waals surface area contributed by atoms with E-state index in [1.807, 2.05) is 0 Å². The van der Waals surface area contributed by atoms with Crippen molar-refractivity contribution >= 4 is 27.3 Å². The summed E-state index contributed by atoms with van der Waals surface area (Å²) < 4.78 is 44.5. The van der Waals surface area contributed by atoms with E-state index in [2.05, 4.69) is 10.2 Å². The number of amides is 1. The Hall–Kier alpha value is -1.72. The smallest absolute Gasteiger partial charge is 0.243 e. The van der Waals surface area contributed by atoms with Gasteiger partial charge in [-0.25, -0.2) is 8.42 Å². The number of hydrogen-bond acceptors (Lipinski definition) is 7. The third-order valence-electron chi connectivity index (χ3n) is 6.35. The number of carbonyl (C=O) groups excluding carboxylic acids is 1. The molecule has 3 heterocycles. The fourth-order valence-electron chi connectivity index (χ4n) is 4.48. The Balaban J connectivity index is 1.45. The Morgan fingerprint density at radius 3 is 2.58 bits per heavy atom. The highest BCUT2D eigenvalue weighted by Gasteiger charge is 2.27. The van der Waals surface area contributed by atoms with Gasteiger partial charge in [0.1, 0.15) is 0 Å². The van der Waals surface area contributed by atoms with Crippen LogP contribution in [-0.2, 0) is 29.0 Å². The molecule has 3 fully saturated rings. The van der Waals surface area contributed by atoms with Crippen molar-refractivity contribution in [3.63, 3.8) is 0 Å². The van der Waals surface area contributed by atoms with Crippen LogP contribution in [0.4, 0.5) is 11.4 Å². The van der Waals surface area contributed by atoms with Gasteiger partial charge >= 0.3 is 0 Å². The van der Waals surface area contributed by atoms with Crippen LogP contribution in [0.25, 0.3) is 0 Å². The molecule has 0 aliphatic carbocycles. The van der Waals surface area contributed by atoms with Gasteiger partial charge in [0.05, 0.1) is 55.2 Å². The molecule has 9 nitrogen and oxygen atoms in total. The van der Waals surface area contributed by atoms with Gasteiger partial charge in [-0.1, -0.05) is 6.42 Å². The number of carbonyl (C=O) groups is 1. The fraction of sp³-hybridized carbons (Fsp3) is 0.696. The Morgan fingerprint density at radius 2 is 1.85 bits per heavy atom. The highest BCUT2D eigenvalue weighted by Crippen LogP contribution is 2.31. The zero-order chi connectivity index (χ0) is 23.1. The summed E-state index contributed by atoms with van der Waals surface area (Å²) in [6.07, 6.45) is 5.17. The van der Waals surface area contributed by atoms with E-state index in [9.17, 15) is 13.2 Å². The summed E-state index contributed by atoms with van der Waals surface area (Å²) in [4.78, 5) is 15.0. The zero-order valence-electron chi connectivity index (χ0n) is 19.2. The van der Waals surface area contributed by atoms with Gasteiger partial charge in [0, 0.05) is 32.8 Å². The average molecular weight is 482 g/mol. The number of hydrogen-bond donors (Lipinski definition) is 1. The van der Waals surface area contributed by atoms with E-state index in [1.165, 1.54) is 0 Å². The molecule has 1 aromatic carbocycles. The van der Waals surface area contributed by atoms with Gasteiger partial charge in [-0.15, -0.1) is 0 Å². The lowest BCUT2D eigenvalue weighted by molar-refractivity contribution is -0.117. The number of sulfonamides is 1. The number of ether oxygens (including phenoxy) is 3. The predicted molar refractivity (Wildman–Crippen MR) is 125 cm³/mol. The summed E-state index contributed by atoms with van der Waals surface area (Å²) in [5.41, 5.74) is 1.32. The number of nitrogens with zero attached hydrogens (tertiary/aromatic N) is 2. The van der Waals surface area contributed by atoms with Crippen molar-refractivity contribution in [3.05, 3.63) is 18.2 Å². The number of nitrogens with one attached hydrogen (secondary N) is 1. The third-order valence-corrected chi connectivity index (χ3v) is 8.24. The predicted octanol–water partition coefficient (Wildman–Crippen LogP) is 2.22. The lowest BCUT2D eigenvalue weighted by Gasteiger charge is -2.31. The summed E-state index contributed by atoms with van der Waals surface area (Å²) in [6.45, 7) is 5.21. The van der Waals surface area contributed by atoms with Crippen LogP contribution in [0.5, 0.6) is 0 Å². The van der Waals surface area contributed by atoms with Crippen molar-refractivity contribution in [1.82, 2.24) is 4.31 Å². The highest BCUT2D eigenvalue weighted by molar-refractivity contribution is 7.89. The molecule has 1 N–H and O–H groups in total. The van der Waals surface area contributed by atoms with E-state index in [0.717, 1.165) is 44.4 Å². The lowest BCUT2D eigenvalue weighted by atomic mass is 10.2. The van der Waals surface area contributed by atoms with Gasteiger partial charge < -0.3 is 24.4 Å². The minimum atomic E-state index is -3.60. The van der Waals surface area contributed by atoms with Gasteiger partial charge in [0.15, 0.2) is 0 Å². The number of rotatable bonds is 9. The average Bonchev–Trinajstić information content (AvgIpc) is 3.36. The van der Waals surface area contributed by atoms with Crippen LogP contribution in [0.1, 0.15) is 38.5 Å². The highest BCUT2D eigenvalue weighted by atomic mass is 32.2. The van der Waals surface area contributed by atoms with E-state index >= 15 is 0 Å². The molecule has 1 atom stereocenters. The maximum absolute atomic E-state index is 13.2. The first-order valence-corrected chi connectivity index (χ1v) is 13.4. The van der Waals surface area contributed by atoms with E-state index in [4.69, 9.17) is 14.2 Å². The molecular weight excluding hydrogens is 446 g/mol. The topological polar surface area (TPSA) is 97.4 Å². The molecule has 10 heteroatoms. The van der Waals surface area contributed by atoms with Gasteiger partial charge in [-0.05, 0) is 43.9 Å². The molecule has 0 saturated carbocycles. The minimum Gasteiger partial charge on any atom is -0.378 e. The Bertz CT molecular complexity index is 891. The number of morpholine rings is 1. The summed E-state index contributed by atoms with van der Waals surface area (Å²) >= 11 is 0. The fourth-order valence-corrected chi connectivity index (χ4v) is 6.02. The van der Waals surface area contributed by atoms with Gasteiger partial charge in [-0.3, -0.25) is 4.79 Å². The Labute approximate surface area is 196 Å². The molecule has 4 rings (SSSR count). The second kappa shape index (κ2) is 11.6. The second-order valence-corrected chi connectivity index (χ2v) is 10.7. The van der Waals surface area contributed by atoms with Crippen molar-refractivity contribution in [2.24, 2.45) is 0 Å². The molecule has 0 spiro atoms. The van der Waals surface area contributed by atoms with E-state index < -0.39 is 10.0 Å². The maximum atomic E-state index is 13.2. The largest absolute Gasteiger partial charge is 0.378 e. The van der Waals surface area contributed by atoms with Crippen molar-refractivity contribution in [2.75, 3.05) is 69.4 Å². The number of benzene rings is 1. The second-order valence-electron chi connectivity index (χ2n) is 8.75. The SMILES string of the molecule is O=C(CCOCC1CCCO1)Nc1cc(S(=O)(=O)N2CCCCC2)ccc1N1CCOCC1. The molecule has 3 aliphatic heterocycles. The van der Waals surface area contributed by atoms with Crippen LogP contribution in [-0.4, -0.2) is 83.9 Å². The van der Waals surface area contributed by atoms with Crippen LogP contribution in [0.2, 0.25) is 0 Å². The molecule has 1 aromatic rings.